The van der Waals surface area contributed by atoms with Crippen LogP contribution in [0, 0.1) is 0 Å². The molecule has 0 aromatic rings. The van der Waals surface area contributed by atoms with Crippen LogP contribution in [-0.2, 0) is 4.79 Å². The summed E-state index contributed by atoms with van der Waals surface area (Å²) in [5.41, 5.74) is 10.4. The van der Waals surface area contributed by atoms with E-state index in [4.69, 9.17) is 31.3 Å². The molecule has 0 saturated carbocycles. The molecule has 86 valence electrons. The van der Waals surface area contributed by atoms with E-state index < -0.39 is 20.6 Å². The van der Waals surface area contributed by atoms with E-state index in [9.17, 15) is 4.79 Å². The van der Waals surface area contributed by atoms with Crippen molar-refractivity contribution in [1.82, 2.24) is 0 Å². The topological polar surface area (TPSA) is 156 Å². The van der Waals surface area contributed by atoms with Gasteiger partial charge in [-0.25, -0.2) is 0 Å². The van der Waals surface area contributed by atoms with E-state index in [0.717, 1.165) is 12.8 Å². The van der Waals surface area contributed by atoms with Gasteiger partial charge in [0, 0.05) is 0 Å². The maximum atomic E-state index is 10.1. The fourth-order valence-corrected chi connectivity index (χ4v) is 0.632. The number of hydrogen-bond acceptors (Lipinski definition) is 6. The molecule has 0 aromatic heterocycles. The second-order valence-corrected chi connectivity index (χ2v) is 2.94. The molecule has 0 aromatic carbocycles. The Labute approximate surface area is 106 Å². The maximum Gasteiger partial charge on any atom is 2.00 e. The Balaban J connectivity index is -0.000000249. The van der Waals surface area contributed by atoms with Crippen LogP contribution in [0.3, 0.4) is 0 Å². The van der Waals surface area contributed by atoms with Crippen LogP contribution in [0.4, 0.5) is 0 Å². The molecule has 0 saturated heterocycles. The van der Waals surface area contributed by atoms with Crippen molar-refractivity contribution in [2.24, 2.45) is 11.5 Å². The van der Waals surface area contributed by atoms with Crippen molar-refractivity contribution in [1.29, 1.82) is 0 Å². The summed E-state index contributed by atoms with van der Waals surface area (Å²) in [6, 6.07) is -0.716. The van der Waals surface area contributed by atoms with E-state index in [1.54, 1.807) is 0 Å². The SMILES string of the molecule is NCCCCC(N)C(=O)O.[Mg+2].[O-]P([O-])O. The minimum Gasteiger partial charge on any atom is -0.820 e. The third-order valence-electron chi connectivity index (χ3n) is 1.29. The van der Waals surface area contributed by atoms with Gasteiger partial charge in [0.15, 0.2) is 0 Å². The van der Waals surface area contributed by atoms with Crippen LogP contribution in [0.2, 0.25) is 0 Å². The first-order chi connectivity index (χ1) is 6.41. The zero-order valence-corrected chi connectivity index (χ0v) is 10.6. The smallest absolute Gasteiger partial charge is 0.820 e. The molecule has 0 fully saturated rings. The van der Waals surface area contributed by atoms with Crippen molar-refractivity contribution in [2.45, 2.75) is 25.3 Å². The third kappa shape index (κ3) is 25.1. The summed E-state index contributed by atoms with van der Waals surface area (Å²) < 4.78 is 0. The third-order valence-corrected chi connectivity index (χ3v) is 1.29. The summed E-state index contributed by atoms with van der Waals surface area (Å²) in [7, 11) is -3.12. The van der Waals surface area contributed by atoms with Crippen molar-refractivity contribution >= 4 is 37.6 Å². The van der Waals surface area contributed by atoms with E-state index in [0.29, 0.717) is 13.0 Å². The number of carboxylic acids is 1. The molecule has 6 N–H and O–H groups in total. The van der Waals surface area contributed by atoms with Gasteiger partial charge in [-0.3, -0.25) is 4.79 Å². The average Bonchev–Trinajstić information content (AvgIpc) is 2.03. The molecular weight excluding hydrogens is 235 g/mol. The van der Waals surface area contributed by atoms with E-state index in [1.807, 2.05) is 0 Å². The predicted octanol–water partition coefficient (Wildman–Crippen LogP) is -2.93. The Bertz CT molecular complexity index is 149. The maximum absolute atomic E-state index is 10.1. The quantitative estimate of drug-likeness (QED) is 0.231. The normalized spacial score (nSPS) is 11.1. The van der Waals surface area contributed by atoms with Crippen molar-refractivity contribution in [3.05, 3.63) is 0 Å². The molecule has 0 amide bonds. The molecule has 7 nitrogen and oxygen atoms in total. The second kappa shape index (κ2) is 14.5. The van der Waals surface area contributed by atoms with Gasteiger partial charge < -0.3 is 31.3 Å². The van der Waals surface area contributed by atoms with E-state index in [-0.39, 0.29) is 23.1 Å². The summed E-state index contributed by atoms with van der Waals surface area (Å²) in [6.45, 7) is 0.604. The Kier molecular flexibility index (Phi) is 20.1. The van der Waals surface area contributed by atoms with Gasteiger partial charge >= 0.3 is 29.0 Å². The number of carboxylic acid groups (broad SMARTS) is 1. The van der Waals surface area contributed by atoms with Crippen LogP contribution in [0.5, 0.6) is 0 Å². The summed E-state index contributed by atoms with van der Waals surface area (Å²) in [5.74, 6) is -0.933. The molecule has 0 aliphatic heterocycles. The fourth-order valence-electron chi connectivity index (χ4n) is 0.632. The van der Waals surface area contributed by atoms with Crippen LogP contribution in [0.25, 0.3) is 0 Å². The molecule has 0 rings (SSSR count). The first kappa shape index (κ1) is 20.8. The summed E-state index contributed by atoms with van der Waals surface area (Å²) in [5, 5.41) is 8.33. The first-order valence-corrected chi connectivity index (χ1v) is 5.06. The number of unbranched alkanes of at least 4 members (excludes halogenated alkanes) is 1. The first-order valence-electron chi connectivity index (χ1n) is 3.93. The van der Waals surface area contributed by atoms with Gasteiger partial charge in [0.05, 0.1) is 0 Å². The van der Waals surface area contributed by atoms with Crippen molar-refractivity contribution in [2.75, 3.05) is 6.54 Å². The van der Waals surface area contributed by atoms with Crippen LogP contribution < -0.4 is 21.3 Å². The van der Waals surface area contributed by atoms with Crippen LogP contribution in [-0.4, -0.2) is 51.6 Å². The van der Waals surface area contributed by atoms with Crippen LogP contribution in [0.15, 0.2) is 0 Å². The minimum atomic E-state index is -3.12. The number of rotatable bonds is 5. The van der Waals surface area contributed by atoms with Crippen LogP contribution >= 0.6 is 8.60 Å². The Morgan fingerprint density at radius 2 is 1.80 bits per heavy atom. The van der Waals surface area contributed by atoms with Gasteiger partial charge in [-0.2, -0.15) is 8.60 Å². The zero-order chi connectivity index (χ0) is 11.6. The van der Waals surface area contributed by atoms with Gasteiger partial charge in [-0.05, 0) is 19.4 Å². The molecule has 1 unspecified atom stereocenters. The van der Waals surface area contributed by atoms with E-state index >= 15 is 0 Å². The van der Waals surface area contributed by atoms with Crippen molar-refractivity contribution in [3.8, 4) is 0 Å². The largest absolute Gasteiger partial charge is 2.00 e. The molecule has 15 heavy (non-hydrogen) atoms. The number of aliphatic carboxylic acids is 1. The molecular formula is C6H15MgN2O5P. The molecule has 1 atom stereocenters. The molecule has 0 radical (unpaired) electrons. The van der Waals surface area contributed by atoms with Gasteiger partial charge in [-0.15, -0.1) is 0 Å². The standard InChI is InChI=1S/C6H14N2O2.Mg.HO3P/c7-4-2-1-3-5(8)6(9)10;;1-4(2)3/h5H,1-4,7-8H2,(H,9,10);;1H/q;+2;-2. The Hall–Kier alpha value is 0.466. The number of hydrogen-bond donors (Lipinski definition) is 4. The molecule has 9 heteroatoms. The second-order valence-electron chi connectivity index (χ2n) is 2.47. The summed E-state index contributed by atoms with van der Waals surface area (Å²) in [4.78, 5) is 34.3. The predicted molar refractivity (Wildman–Crippen MR) is 53.4 cm³/mol. The number of nitrogens with two attached hydrogens (primary N) is 2. The monoisotopic (exact) mass is 250 g/mol. The van der Waals surface area contributed by atoms with Gasteiger partial charge in [0.1, 0.15) is 6.04 Å². The van der Waals surface area contributed by atoms with Gasteiger partial charge in [0.2, 0.25) is 0 Å². The van der Waals surface area contributed by atoms with Crippen molar-refractivity contribution in [3.63, 3.8) is 0 Å². The Morgan fingerprint density at radius 1 is 1.40 bits per heavy atom. The number of carbonyl (C=O) groups is 1. The van der Waals surface area contributed by atoms with Crippen LogP contribution in [0.1, 0.15) is 19.3 Å². The molecule has 0 aliphatic carbocycles. The molecule has 0 heterocycles. The van der Waals surface area contributed by atoms with E-state index in [2.05, 4.69) is 0 Å². The molecule has 0 aliphatic rings. The Morgan fingerprint density at radius 3 is 2.07 bits per heavy atom. The zero-order valence-electron chi connectivity index (χ0n) is 8.33. The summed E-state index contributed by atoms with van der Waals surface area (Å²) >= 11 is 0. The van der Waals surface area contributed by atoms with Crippen molar-refractivity contribution < 1.29 is 24.6 Å². The van der Waals surface area contributed by atoms with Gasteiger partial charge in [0.25, 0.3) is 0 Å². The average molecular weight is 250 g/mol. The fraction of sp³-hybridized carbons (Fsp3) is 0.833. The van der Waals surface area contributed by atoms with Gasteiger partial charge in [-0.1, -0.05) is 6.42 Å². The van der Waals surface area contributed by atoms with E-state index in [1.165, 1.54) is 0 Å². The summed E-state index contributed by atoms with van der Waals surface area (Å²) in [6.07, 6.45) is 2.16. The molecule has 0 bridgehead atoms. The molecule has 0 spiro atoms. The minimum absolute atomic E-state index is 0.